The summed E-state index contributed by atoms with van der Waals surface area (Å²) >= 11 is 0. The number of sulfonamides is 1. The smallest absolute Gasteiger partial charge is 0.243 e. The summed E-state index contributed by atoms with van der Waals surface area (Å²) in [6.07, 6.45) is 3.52. The van der Waals surface area contributed by atoms with Gasteiger partial charge in [0.25, 0.3) is 0 Å². The minimum absolute atomic E-state index is 0.0120. The van der Waals surface area contributed by atoms with Gasteiger partial charge < -0.3 is 24.8 Å². The van der Waals surface area contributed by atoms with Crippen LogP contribution in [0.5, 0.6) is 0 Å². The van der Waals surface area contributed by atoms with Crippen molar-refractivity contribution in [1.82, 2.24) is 20.3 Å². The quantitative estimate of drug-likeness (QED) is 0.240. The third-order valence-corrected chi connectivity index (χ3v) is 9.85. The molecule has 0 spiro atoms. The number of aromatic amines is 1. The highest BCUT2D eigenvalue weighted by molar-refractivity contribution is 7.92. The van der Waals surface area contributed by atoms with Gasteiger partial charge in [0.2, 0.25) is 15.9 Å². The number of ether oxygens (including phenoxy) is 1. The molecule has 2 atom stereocenters. The Morgan fingerprint density at radius 1 is 1.14 bits per heavy atom. The van der Waals surface area contributed by atoms with Crippen LogP contribution in [0.3, 0.4) is 0 Å². The molecule has 230 valence electrons. The Hall–Kier alpha value is -4.49. The number of hydrogen-bond acceptors (Lipinski definition) is 8. The van der Waals surface area contributed by atoms with Crippen molar-refractivity contribution in [2.75, 3.05) is 53.9 Å². The number of H-pyrrole nitrogens is 1. The molecule has 2 aromatic carbocycles. The van der Waals surface area contributed by atoms with Gasteiger partial charge in [-0.15, -0.1) is 0 Å². The summed E-state index contributed by atoms with van der Waals surface area (Å²) in [7, 11) is -3.99. The molecular formula is C31H34FN7O4S. The number of benzene rings is 2. The number of aromatic nitrogens is 3. The Kier molecular flexibility index (Phi) is 8.23. The van der Waals surface area contributed by atoms with Crippen LogP contribution in [0.15, 0.2) is 67.5 Å². The maximum absolute atomic E-state index is 15.3. The minimum Gasteiger partial charge on any atom is -0.378 e. The maximum atomic E-state index is 15.3. The predicted molar refractivity (Wildman–Crippen MR) is 169 cm³/mol. The molecule has 2 aliphatic rings. The Morgan fingerprint density at radius 3 is 2.73 bits per heavy atom. The van der Waals surface area contributed by atoms with E-state index in [4.69, 9.17) is 4.74 Å². The van der Waals surface area contributed by atoms with Crippen LogP contribution in [-0.2, 0) is 19.6 Å². The molecular weight excluding hydrogens is 585 g/mol. The van der Waals surface area contributed by atoms with Crippen molar-refractivity contribution in [2.45, 2.75) is 24.6 Å². The Morgan fingerprint density at radius 2 is 1.95 bits per heavy atom. The van der Waals surface area contributed by atoms with Gasteiger partial charge in [-0.2, -0.15) is 0 Å². The molecule has 2 fully saturated rings. The first-order valence-electron chi connectivity index (χ1n) is 14.5. The van der Waals surface area contributed by atoms with E-state index in [1.54, 1.807) is 25.1 Å². The van der Waals surface area contributed by atoms with Crippen LogP contribution < -0.4 is 19.8 Å². The van der Waals surface area contributed by atoms with Crippen LogP contribution in [0.4, 0.5) is 21.6 Å². The molecule has 4 heterocycles. The third kappa shape index (κ3) is 6.10. The number of morpholine rings is 1. The number of carbonyl (C=O) groups is 1. The molecule has 13 heteroatoms. The molecule has 0 radical (unpaired) electrons. The van der Waals surface area contributed by atoms with Crippen molar-refractivity contribution in [3.63, 3.8) is 0 Å². The number of anilines is 3. The fourth-order valence-electron chi connectivity index (χ4n) is 5.64. The van der Waals surface area contributed by atoms with Crippen LogP contribution in [0.25, 0.3) is 22.3 Å². The van der Waals surface area contributed by atoms with Gasteiger partial charge in [0, 0.05) is 49.2 Å². The average Bonchev–Trinajstić information content (AvgIpc) is 3.69. The van der Waals surface area contributed by atoms with E-state index in [0.717, 1.165) is 29.9 Å². The van der Waals surface area contributed by atoms with E-state index in [1.807, 2.05) is 18.2 Å². The van der Waals surface area contributed by atoms with Crippen LogP contribution >= 0.6 is 0 Å². The molecule has 0 aliphatic carbocycles. The molecule has 6 rings (SSSR count). The fraction of sp³-hybridized carbons (Fsp3) is 0.323. The molecule has 4 aromatic rings. The Bertz CT molecular complexity index is 1810. The number of carbonyl (C=O) groups excluding carboxylic acids is 1. The highest BCUT2D eigenvalue weighted by Crippen LogP contribution is 2.33. The molecule has 11 nitrogen and oxygen atoms in total. The predicted octanol–water partition coefficient (Wildman–Crippen LogP) is 3.98. The van der Waals surface area contributed by atoms with E-state index in [2.05, 4.69) is 41.4 Å². The van der Waals surface area contributed by atoms with Crippen molar-refractivity contribution in [2.24, 2.45) is 0 Å². The molecule has 0 saturated carbocycles. The molecule has 1 unspecified atom stereocenters. The average molecular weight is 620 g/mol. The van der Waals surface area contributed by atoms with Crippen molar-refractivity contribution in [3.05, 3.63) is 78.9 Å². The lowest BCUT2D eigenvalue weighted by Gasteiger charge is -2.27. The lowest BCUT2D eigenvalue weighted by molar-refractivity contribution is -0.117. The second-order valence-electron chi connectivity index (χ2n) is 11.0. The van der Waals surface area contributed by atoms with E-state index in [0.29, 0.717) is 55.3 Å². The van der Waals surface area contributed by atoms with E-state index >= 15 is 4.39 Å². The second kappa shape index (κ2) is 12.2. The number of nitrogens with zero attached hydrogens (tertiary/aromatic N) is 4. The number of hydrogen-bond donors (Lipinski definition) is 3. The van der Waals surface area contributed by atoms with Gasteiger partial charge in [0.05, 0.1) is 24.3 Å². The number of nitrogens with one attached hydrogen (secondary N) is 3. The number of amides is 1. The maximum Gasteiger partial charge on any atom is 0.243 e. The van der Waals surface area contributed by atoms with Gasteiger partial charge in [-0.05, 0) is 55.3 Å². The zero-order valence-corrected chi connectivity index (χ0v) is 25.1. The van der Waals surface area contributed by atoms with E-state index in [-0.39, 0.29) is 17.6 Å². The first-order valence-corrected chi connectivity index (χ1v) is 16.0. The molecule has 3 N–H and O–H groups in total. The standard InChI is InChI=1S/C31H34FN7O4S/c1-3-29(40)35-23-9-10-39(18-23)24-6-4-5-21(15-24)20(2)44(41,42)37-27-8-7-22(16-26(27)32)28-17-25-30(36-28)33-19-34-31(25)38-11-13-43-14-12-38/h3-8,15-17,19-20,23,37H,1,9-14,18H2,2H3,(H,35,40)(H,33,34,36)/t20?,23-/m1/s1. The van der Waals surface area contributed by atoms with Crippen LogP contribution in [0, 0.1) is 5.82 Å². The fourth-order valence-corrected chi connectivity index (χ4v) is 6.80. The summed E-state index contributed by atoms with van der Waals surface area (Å²) in [5, 5.41) is 2.77. The van der Waals surface area contributed by atoms with Gasteiger partial charge in [0.1, 0.15) is 28.9 Å². The third-order valence-electron chi connectivity index (χ3n) is 8.14. The summed E-state index contributed by atoms with van der Waals surface area (Å²) in [5.74, 6) is -0.132. The largest absolute Gasteiger partial charge is 0.378 e. The summed E-state index contributed by atoms with van der Waals surface area (Å²) in [6.45, 7) is 9.06. The Balaban J connectivity index is 1.17. The topological polar surface area (TPSA) is 133 Å². The van der Waals surface area contributed by atoms with Crippen molar-refractivity contribution in [3.8, 4) is 11.3 Å². The highest BCUT2D eigenvalue weighted by Gasteiger charge is 2.27. The normalized spacial score (nSPS) is 17.9. The second-order valence-corrected chi connectivity index (χ2v) is 13.0. The lowest BCUT2D eigenvalue weighted by Crippen LogP contribution is -2.36. The first-order chi connectivity index (χ1) is 21.2. The number of halogens is 1. The van der Waals surface area contributed by atoms with Gasteiger partial charge in [-0.1, -0.05) is 24.8 Å². The summed E-state index contributed by atoms with van der Waals surface area (Å²) in [4.78, 5) is 27.9. The lowest BCUT2D eigenvalue weighted by atomic mass is 10.1. The van der Waals surface area contributed by atoms with Crippen LogP contribution in [0.1, 0.15) is 24.2 Å². The molecule has 0 bridgehead atoms. The molecule has 2 aliphatic heterocycles. The Labute approximate surface area is 255 Å². The van der Waals surface area contributed by atoms with Gasteiger partial charge in [0.15, 0.2) is 0 Å². The van der Waals surface area contributed by atoms with E-state index in [9.17, 15) is 13.2 Å². The number of fused-ring (bicyclic) bond motifs is 1. The summed E-state index contributed by atoms with van der Waals surface area (Å²) in [6, 6.07) is 13.5. The summed E-state index contributed by atoms with van der Waals surface area (Å²) < 4.78 is 50.0. The number of rotatable bonds is 9. The molecule has 2 saturated heterocycles. The van der Waals surface area contributed by atoms with Crippen LogP contribution in [0.2, 0.25) is 0 Å². The molecule has 2 aromatic heterocycles. The highest BCUT2D eigenvalue weighted by atomic mass is 32.2. The summed E-state index contributed by atoms with van der Waals surface area (Å²) in [5.41, 5.74) is 3.11. The zero-order chi connectivity index (χ0) is 30.8. The molecule has 44 heavy (non-hydrogen) atoms. The van der Waals surface area contributed by atoms with Crippen molar-refractivity contribution >= 4 is 44.2 Å². The van der Waals surface area contributed by atoms with Crippen molar-refractivity contribution in [1.29, 1.82) is 0 Å². The van der Waals surface area contributed by atoms with E-state index < -0.39 is 21.1 Å². The van der Waals surface area contributed by atoms with Crippen molar-refractivity contribution < 1.29 is 22.3 Å². The van der Waals surface area contributed by atoms with E-state index in [1.165, 1.54) is 24.5 Å². The zero-order valence-electron chi connectivity index (χ0n) is 24.3. The first kappa shape index (κ1) is 29.6. The van der Waals surface area contributed by atoms with Gasteiger partial charge >= 0.3 is 0 Å². The van der Waals surface area contributed by atoms with Gasteiger partial charge in [-0.3, -0.25) is 9.52 Å². The monoisotopic (exact) mass is 619 g/mol. The van der Waals surface area contributed by atoms with Crippen LogP contribution in [-0.4, -0.2) is 74.7 Å². The SMILES string of the molecule is C=CC(=O)N[C@@H]1CCN(c2cccc(C(C)S(=O)(=O)Nc3ccc(-c4cc5c(N6CCOCC6)ncnc5[nH]4)cc3F)c2)C1. The molecule has 1 amide bonds. The minimum atomic E-state index is -3.99. The van der Waals surface area contributed by atoms with Gasteiger partial charge in [-0.25, -0.2) is 22.8 Å².